The summed E-state index contributed by atoms with van der Waals surface area (Å²) in [5.74, 6) is 0.446. The Morgan fingerprint density at radius 2 is 1.60 bits per heavy atom. The predicted molar refractivity (Wildman–Crippen MR) is 96.8 cm³/mol. The van der Waals surface area contributed by atoms with Crippen LogP contribution in [0.15, 0.2) is 0 Å². The van der Waals surface area contributed by atoms with Crippen LogP contribution in [-0.2, 0) is 13.0 Å². The first-order chi connectivity index (χ1) is 12.2. The minimum absolute atomic E-state index is 0.00338. The van der Waals surface area contributed by atoms with Crippen LogP contribution in [0.3, 0.4) is 0 Å². The Bertz CT molecular complexity index is 626. The molecule has 2 aliphatic rings. The maximum absolute atomic E-state index is 13.1. The first-order valence-electron chi connectivity index (χ1n) is 9.85. The summed E-state index contributed by atoms with van der Waals surface area (Å²) in [4.78, 5) is 34.3. The van der Waals surface area contributed by atoms with E-state index < -0.39 is 0 Å². The number of imidazole rings is 1. The van der Waals surface area contributed by atoms with Crippen LogP contribution < -0.4 is 0 Å². The highest BCUT2D eigenvalue weighted by Crippen LogP contribution is 2.24. The van der Waals surface area contributed by atoms with Crippen molar-refractivity contribution in [3.63, 3.8) is 0 Å². The molecular weight excluding hydrogens is 316 g/mol. The zero-order chi connectivity index (χ0) is 17.8. The first-order valence-corrected chi connectivity index (χ1v) is 9.85. The van der Waals surface area contributed by atoms with E-state index >= 15 is 0 Å². The van der Waals surface area contributed by atoms with Crippen molar-refractivity contribution in [3.05, 3.63) is 17.2 Å². The molecule has 1 saturated heterocycles. The van der Waals surface area contributed by atoms with Gasteiger partial charge in [0.05, 0.1) is 5.69 Å². The fourth-order valence-electron chi connectivity index (χ4n) is 3.95. The maximum Gasteiger partial charge on any atom is 0.289 e. The van der Waals surface area contributed by atoms with E-state index in [2.05, 4.69) is 4.98 Å². The Morgan fingerprint density at radius 1 is 0.960 bits per heavy atom. The number of aromatic nitrogens is 2. The summed E-state index contributed by atoms with van der Waals surface area (Å²) >= 11 is 0. The molecule has 0 aliphatic carbocycles. The third-order valence-electron chi connectivity index (χ3n) is 5.46. The fourth-order valence-corrected chi connectivity index (χ4v) is 3.95. The molecule has 1 fully saturated rings. The Labute approximate surface area is 150 Å². The molecule has 6 heteroatoms. The molecule has 0 spiro atoms. The van der Waals surface area contributed by atoms with Gasteiger partial charge in [-0.05, 0) is 46.0 Å². The molecule has 0 saturated carbocycles. The van der Waals surface area contributed by atoms with Gasteiger partial charge in [-0.15, -0.1) is 0 Å². The van der Waals surface area contributed by atoms with Crippen molar-refractivity contribution in [2.24, 2.45) is 0 Å². The molecule has 6 nitrogen and oxygen atoms in total. The van der Waals surface area contributed by atoms with Crippen LogP contribution in [0.1, 0.15) is 79.2 Å². The third kappa shape index (κ3) is 3.58. The molecule has 3 rings (SSSR count). The quantitative estimate of drug-likeness (QED) is 0.842. The lowest BCUT2D eigenvalue weighted by atomic mass is 10.1. The normalized spacial score (nSPS) is 17.8. The van der Waals surface area contributed by atoms with Gasteiger partial charge >= 0.3 is 0 Å². The summed E-state index contributed by atoms with van der Waals surface area (Å²) in [6.07, 6.45) is 7.44. The number of hydrogen-bond donors (Lipinski definition) is 0. The lowest BCUT2D eigenvalue weighted by Crippen LogP contribution is -2.34. The van der Waals surface area contributed by atoms with Crippen LogP contribution in [0.25, 0.3) is 0 Å². The number of hydrogen-bond acceptors (Lipinski definition) is 3. The van der Waals surface area contributed by atoms with Gasteiger partial charge < -0.3 is 14.4 Å². The molecule has 0 N–H and O–H groups in total. The molecular formula is C19H30N4O2. The minimum atomic E-state index is -0.0365. The Balaban J connectivity index is 1.94. The third-order valence-corrected chi connectivity index (χ3v) is 5.46. The fraction of sp³-hybridized carbons (Fsp3) is 0.737. The number of carbonyl (C=O) groups is 2. The van der Waals surface area contributed by atoms with Crippen LogP contribution in [0.5, 0.6) is 0 Å². The molecule has 25 heavy (non-hydrogen) atoms. The number of nitrogens with zero attached hydrogens (tertiary/aromatic N) is 4. The van der Waals surface area contributed by atoms with Crippen molar-refractivity contribution < 1.29 is 9.59 Å². The summed E-state index contributed by atoms with van der Waals surface area (Å²) in [6, 6.07) is 0. The van der Waals surface area contributed by atoms with Gasteiger partial charge in [0.15, 0.2) is 5.82 Å². The molecule has 0 bridgehead atoms. The Hall–Kier alpha value is -1.85. The average molecular weight is 346 g/mol. The second-order valence-electron chi connectivity index (χ2n) is 7.02. The van der Waals surface area contributed by atoms with E-state index in [1.54, 1.807) is 4.90 Å². The maximum atomic E-state index is 13.1. The van der Waals surface area contributed by atoms with E-state index in [-0.39, 0.29) is 11.8 Å². The number of amides is 2. The monoisotopic (exact) mass is 346 g/mol. The number of carbonyl (C=O) groups excluding carboxylic acids is 2. The van der Waals surface area contributed by atoms with E-state index in [1.165, 1.54) is 12.8 Å². The molecule has 2 amide bonds. The molecule has 2 aliphatic heterocycles. The van der Waals surface area contributed by atoms with Crippen molar-refractivity contribution in [1.82, 2.24) is 19.4 Å². The van der Waals surface area contributed by atoms with Crippen molar-refractivity contribution in [3.8, 4) is 0 Å². The highest BCUT2D eigenvalue weighted by molar-refractivity contribution is 5.97. The van der Waals surface area contributed by atoms with Gasteiger partial charge in [-0.25, -0.2) is 4.98 Å². The van der Waals surface area contributed by atoms with Gasteiger partial charge in [0.1, 0.15) is 5.69 Å². The van der Waals surface area contributed by atoms with Gasteiger partial charge in [0, 0.05) is 32.7 Å². The van der Waals surface area contributed by atoms with E-state index in [4.69, 9.17) is 0 Å². The summed E-state index contributed by atoms with van der Waals surface area (Å²) in [5.41, 5.74) is 1.46. The molecule has 0 aromatic carbocycles. The van der Waals surface area contributed by atoms with Crippen LogP contribution in [0.4, 0.5) is 0 Å². The van der Waals surface area contributed by atoms with E-state index in [0.717, 1.165) is 57.4 Å². The standard InChI is InChI=1S/C19H30N4O2/c1-3-21(4-2)18(24)16-15-11-7-10-14-23(15)17(20-16)19(25)22-12-8-5-6-9-13-22/h3-14H2,1-2H3. The van der Waals surface area contributed by atoms with E-state index in [9.17, 15) is 9.59 Å². The summed E-state index contributed by atoms with van der Waals surface area (Å²) < 4.78 is 2.02. The van der Waals surface area contributed by atoms with Crippen LogP contribution >= 0.6 is 0 Å². The van der Waals surface area contributed by atoms with Crippen LogP contribution in [0, 0.1) is 0 Å². The summed E-state index contributed by atoms with van der Waals surface area (Å²) in [5, 5.41) is 0. The first kappa shape index (κ1) is 18.0. The summed E-state index contributed by atoms with van der Waals surface area (Å²) in [6.45, 7) is 7.69. The van der Waals surface area contributed by atoms with Gasteiger partial charge in [0.2, 0.25) is 0 Å². The molecule has 0 atom stereocenters. The van der Waals surface area contributed by atoms with Crippen molar-refractivity contribution >= 4 is 11.8 Å². The smallest absolute Gasteiger partial charge is 0.289 e. The largest absolute Gasteiger partial charge is 0.338 e. The van der Waals surface area contributed by atoms with Crippen LogP contribution in [-0.4, -0.2) is 57.3 Å². The molecule has 138 valence electrons. The van der Waals surface area contributed by atoms with Gasteiger partial charge in [-0.3, -0.25) is 9.59 Å². The molecule has 0 unspecified atom stereocenters. The molecule has 1 aromatic rings. The zero-order valence-electron chi connectivity index (χ0n) is 15.6. The molecule has 0 radical (unpaired) electrons. The van der Waals surface area contributed by atoms with Gasteiger partial charge in [0.25, 0.3) is 11.8 Å². The highest BCUT2D eigenvalue weighted by Gasteiger charge is 2.31. The lowest BCUT2D eigenvalue weighted by Gasteiger charge is -2.22. The van der Waals surface area contributed by atoms with Gasteiger partial charge in [-0.1, -0.05) is 12.8 Å². The Kier molecular flexibility index (Phi) is 5.76. The SMILES string of the molecule is CCN(CC)C(=O)c1nc(C(=O)N2CCCCCC2)n2c1CCCC2. The second-order valence-corrected chi connectivity index (χ2v) is 7.02. The number of rotatable bonds is 4. The second kappa shape index (κ2) is 8.02. The topological polar surface area (TPSA) is 58.4 Å². The average Bonchev–Trinajstić information content (AvgIpc) is 2.81. The molecule has 3 heterocycles. The van der Waals surface area contributed by atoms with Crippen molar-refractivity contribution in [1.29, 1.82) is 0 Å². The predicted octanol–water partition coefficient (Wildman–Crippen LogP) is 2.72. The zero-order valence-corrected chi connectivity index (χ0v) is 15.6. The van der Waals surface area contributed by atoms with E-state index in [1.807, 2.05) is 23.3 Å². The Morgan fingerprint density at radius 3 is 2.24 bits per heavy atom. The number of fused-ring (bicyclic) bond motifs is 1. The van der Waals surface area contributed by atoms with E-state index in [0.29, 0.717) is 24.6 Å². The summed E-state index contributed by atoms with van der Waals surface area (Å²) in [7, 11) is 0. The van der Waals surface area contributed by atoms with Crippen LogP contribution in [0.2, 0.25) is 0 Å². The van der Waals surface area contributed by atoms with Crippen molar-refractivity contribution in [2.75, 3.05) is 26.2 Å². The van der Waals surface area contributed by atoms with Gasteiger partial charge in [-0.2, -0.15) is 0 Å². The highest BCUT2D eigenvalue weighted by atomic mass is 16.2. The minimum Gasteiger partial charge on any atom is -0.338 e. The molecule has 1 aromatic heterocycles. The van der Waals surface area contributed by atoms with Crippen molar-refractivity contribution in [2.45, 2.75) is 65.3 Å². The lowest BCUT2D eigenvalue weighted by molar-refractivity contribution is 0.0743. The number of likely N-dealkylation sites (tertiary alicyclic amines) is 1.